The second-order valence-electron chi connectivity index (χ2n) is 6.49. The number of rotatable bonds is 4. The zero-order valence-corrected chi connectivity index (χ0v) is 14.8. The van der Waals surface area contributed by atoms with Crippen molar-refractivity contribution < 1.29 is 17.9 Å². The number of halogens is 3. The maximum atomic E-state index is 13.3. The first-order chi connectivity index (χ1) is 12.9. The summed E-state index contributed by atoms with van der Waals surface area (Å²) in [6, 6.07) is 8.70. The molecule has 1 aromatic heterocycles. The largest absolute Gasteiger partial charge is 0.474 e. The van der Waals surface area contributed by atoms with Gasteiger partial charge in [-0.25, -0.2) is 4.98 Å². The van der Waals surface area contributed by atoms with E-state index in [1.54, 1.807) is 31.3 Å². The van der Waals surface area contributed by atoms with Crippen molar-refractivity contribution in [3.05, 3.63) is 41.6 Å². The Bertz CT molecular complexity index is 842. The van der Waals surface area contributed by atoms with Gasteiger partial charge in [0.15, 0.2) is 0 Å². The third-order valence-corrected chi connectivity index (χ3v) is 4.54. The zero-order chi connectivity index (χ0) is 19.4. The van der Waals surface area contributed by atoms with Gasteiger partial charge in [0.25, 0.3) is 0 Å². The molecule has 0 spiro atoms. The molecule has 1 aromatic carbocycles. The molecular formula is C19H19F3N4O. The number of alkyl halides is 3. The lowest BCUT2D eigenvalue weighted by atomic mass is 9.98. The van der Waals surface area contributed by atoms with E-state index < -0.39 is 17.6 Å². The fourth-order valence-corrected chi connectivity index (χ4v) is 3.04. The summed E-state index contributed by atoms with van der Waals surface area (Å²) < 4.78 is 45.7. The van der Waals surface area contributed by atoms with E-state index in [1.807, 2.05) is 6.07 Å². The number of benzene rings is 1. The first kappa shape index (κ1) is 19.0. The SMILES string of the molecule is CN(c1cccc(C#N)c1)c1ncc(C(F)(F)F)c(OC2CCCCC2)n1. The van der Waals surface area contributed by atoms with Gasteiger partial charge in [-0.05, 0) is 43.9 Å². The zero-order valence-electron chi connectivity index (χ0n) is 14.8. The van der Waals surface area contributed by atoms with Gasteiger partial charge in [-0.2, -0.15) is 23.4 Å². The molecule has 1 aliphatic rings. The maximum absolute atomic E-state index is 13.3. The molecule has 0 atom stereocenters. The Morgan fingerprint density at radius 1 is 1.22 bits per heavy atom. The quantitative estimate of drug-likeness (QED) is 0.764. The van der Waals surface area contributed by atoms with Crippen molar-refractivity contribution in [1.29, 1.82) is 5.26 Å². The van der Waals surface area contributed by atoms with Crippen molar-refractivity contribution in [3.8, 4) is 11.9 Å². The summed E-state index contributed by atoms with van der Waals surface area (Å²) in [5.74, 6) is -0.369. The van der Waals surface area contributed by atoms with Gasteiger partial charge in [0.1, 0.15) is 11.7 Å². The fraction of sp³-hybridized carbons (Fsp3) is 0.421. The number of anilines is 2. The summed E-state index contributed by atoms with van der Waals surface area (Å²) >= 11 is 0. The second-order valence-corrected chi connectivity index (χ2v) is 6.49. The molecule has 5 nitrogen and oxygen atoms in total. The second kappa shape index (κ2) is 7.82. The van der Waals surface area contributed by atoms with E-state index in [9.17, 15) is 13.2 Å². The first-order valence-electron chi connectivity index (χ1n) is 8.73. The van der Waals surface area contributed by atoms with E-state index in [4.69, 9.17) is 10.00 Å². The monoisotopic (exact) mass is 376 g/mol. The van der Waals surface area contributed by atoms with Crippen LogP contribution in [-0.2, 0) is 6.18 Å². The fourth-order valence-electron chi connectivity index (χ4n) is 3.04. The summed E-state index contributed by atoms with van der Waals surface area (Å²) in [7, 11) is 1.63. The van der Waals surface area contributed by atoms with Crippen LogP contribution in [0.2, 0.25) is 0 Å². The van der Waals surface area contributed by atoms with Crippen molar-refractivity contribution in [3.63, 3.8) is 0 Å². The van der Waals surface area contributed by atoms with Crippen molar-refractivity contribution in [2.24, 2.45) is 0 Å². The van der Waals surface area contributed by atoms with Crippen molar-refractivity contribution in [2.45, 2.75) is 44.4 Å². The minimum absolute atomic E-state index is 0.0731. The maximum Gasteiger partial charge on any atom is 0.423 e. The van der Waals surface area contributed by atoms with Crippen LogP contribution in [0.15, 0.2) is 30.5 Å². The Morgan fingerprint density at radius 2 is 1.96 bits per heavy atom. The van der Waals surface area contributed by atoms with Gasteiger partial charge < -0.3 is 9.64 Å². The van der Waals surface area contributed by atoms with E-state index in [-0.39, 0.29) is 12.1 Å². The third-order valence-electron chi connectivity index (χ3n) is 4.54. The Labute approximate surface area is 155 Å². The van der Waals surface area contributed by atoms with Crippen LogP contribution in [0.5, 0.6) is 5.88 Å². The third kappa shape index (κ3) is 4.48. The molecule has 27 heavy (non-hydrogen) atoms. The van der Waals surface area contributed by atoms with Gasteiger partial charge in [-0.3, -0.25) is 0 Å². The molecule has 0 bridgehead atoms. The minimum atomic E-state index is -4.60. The number of hydrogen-bond acceptors (Lipinski definition) is 5. The van der Waals surface area contributed by atoms with Gasteiger partial charge in [0, 0.05) is 18.9 Å². The molecule has 0 unspecified atom stereocenters. The number of ether oxygens (including phenoxy) is 1. The van der Waals surface area contributed by atoms with E-state index in [2.05, 4.69) is 9.97 Å². The molecule has 1 saturated carbocycles. The molecule has 1 fully saturated rings. The summed E-state index contributed by atoms with van der Waals surface area (Å²) in [5, 5.41) is 9.02. The predicted molar refractivity (Wildman–Crippen MR) is 93.8 cm³/mol. The van der Waals surface area contributed by atoms with Crippen molar-refractivity contribution in [2.75, 3.05) is 11.9 Å². The van der Waals surface area contributed by atoms with Crippen LogP contribution in [0, 0.1) is 11.3 Å². The number of nitrogens with zero attached hydrogens (tertiary/aromatic N) is 4. The molecule has 0 aliphatic heterocycles. The lowest BCUT2D eigenvalue weighted by Gasteiger charge is -2.25. The van der Waals surface area contributed by atoms with Crippen molar-refractivity contribution >= 4 is 11.6 Å². The van der Waals surface area contributed by atoms with Gasteiger partial charge in [-0.1, -0.05) is 12.5 Å². The smallest absolute Gasteiger partial charge is 0.423 e. The highest BCUT2D eigenvalue weighted by atomic mass is 19.4. The highest BCUT2D eigenvalue weighted by Crippen LogP contribution is 2.37. The Kier molecular flexibility index (Phi) is 5.49. The molecule has 2 aromatic rings. The number of aromatic nitrogens is 2. The van der Waals surface area contributed by atoms with Crippen LogP contribution in [0.1, 0.15) is 43.2 Å². The van der Waals surface area contributed by atoms with Gasteiger partial charge in [0.05, 0.1) is 11.6 Å². The van der Waals surface area contributed by atoms with E-state index in [1.165, 1.54) is 4.90 Å². The molecule has 142 valence electrons. The lowest BCUT2D eigenvalue weighted by Crippen LogP contribution is -2.23. The molecular weight excluding hydrogens is 357 g/mol. The standard InChI is InChI=1S/C19H19F3N4O/c1-26(14-7-5-6-13(10-14)11-23)18-24-12-16(19(20,21)22)17(25-18)27-15-8-3-2-4-9-15/h5-7,10,12,15H,2-4,8-9H2,1H3. The molecule has 0 amide bonds. The highest BCUT2D eigenvalue weighted by molar-refractivity contribution is 5.59. The molecule has 1 aliphatic carbocycles. The van der Waals surface area contributed by atoms with Crippen LogP contribution in [-0.4, -0.2) is 23.1 Å². The topological polar surface area (TPSA) is 62.0 Å². The Morgan fingerprint density at radius 3 is 2.63 bits per heavy atom. The molecule has 0 N–H and O–H groups in total. The number of nitriles is 1. The Balaban J connectivity index is 1.94. The van der Waals surface area contributed by atoms with Crippen LogP contribution >= 0.6 is 0 Å². The average Bonchev–Trinajstić information content (AvgIpc) is 2.67. The van der Waals surface area contributed by atoms with Crippen LogP contribution in [0.25, 0.3) is 0 Å². The summed E-state index contributed by atoms with van der Waals surface area (Å²) in [5.41, 5.74) is 0.0540. The highest BCUT2D eigenvalue weighted by Gasteiger charge is 2.37. The summed E-state index contributed by atoms with van der Waals surface area (Å²) in [6.07, 6.45) is 0.268. The van der Waals surface area contributed by atoms with Gasteiger partial charge in [0.2, 0.25) is 11.8 Å². The summed E-state index contributed by atoms with van der Waals surface area (Å²) in [6.45, 7) is 0. The molecule has 8 heteroatoms. The average molecular weight is 376 g/mol. The van der Waals surface area contributed by atoms with Crippen LogP contribution in [0.3, 0.4) is 0 Å². The summed E-state index contributed by atoms with van der Waals surface area (Å²) in [4.78, 5) is 9.44. The van der Waals surface area contributed by atoms with Crippen molar-refractivity contribution in [1.82, 2.24) is 9.97 Å². The molecule has 0 radical (unpaired) electrons. The lowest BCUT2D eigenvalue weighted by molar-refractivity contribution is -0.140. The van der Waals surface area contributed by atoms with Gasteiger partial charge in [-0.15, -0.1) is 0 Å². The number of hydrogen-bond donors (Lipinski definition) is 0. The normalized spacial score (nSPS) is 15.2. The minimum Gasteiger partial charge on any atom is -0.474 e. The van der Waals surface area contributed by atoms with E-state index >= 15 is 0 Å². The molecule has 1 heterocycles. The van der Waals surface area contributed by atoms with E-state index in [0.717, 1.165) is 38.3 Å². The van der Waals surface area contributed by atoms with Crippen LogP contribution in [0.4, 0.5) is 24.8 Å². The van der Waals surface area contributed by atoms with Crippen LogP contribution < -0.4 is 9.64 Å². The van der Waals surface area contributed by atoms with Gasteiger partial charge >= 0.3 is 6.18 Å². The van der Waals surface area contributed by atoms with E-state index in [0.29, 0.717) is 11.3 Å². The first-order valence-corrected chi connectivity index (χ1v) is 8.73. The Hall–Kier alpha value is -2.82. The molecule has 3 rings (SSSR count). The predicted octanol–water partition coefficient (Wildman–Crippen LogP) is 4.85. The molecule has 0 saturated heterocycles.